The zero-order valence-corrected chi connectivity index (χ0v) is 15.0. The highest BCUT2D eigenvalue weighted by Gasteiger charge is 2.25. The van der Waals surface area contributed by atoms with Crippen molar-refractivity contribution in [2.24, 2.45) is 0 Å². The van der Waals surface area contributed by atoms with Crippen LogP contribution in [0.1, 0.15) is 59.5 Å². The van der Waals surface area contributed by atoms with E-state index in [0.29, 0.717) is 12.4 Å². The topological polar surface area (TPSA) is 57.0 Å². The van der Waals surface area contributed by atoms with Crippen molar-refractivity contribution in [1.29, 1.82) is 0 Å². The summed E-state index contributed by atoms with van der Waals surface area (Å²) in [5.74, 6) is 0.424. The first-order valence-corrected chi connectivity index (χ1v) is 7.74. The van der Waals surface area contributed by atoms with Crippen LogP contribution >= 0.6 is 0 Å². The molecule has 124 valence electrons. The van der Waals surface area contributed by atoms with Gasteiger partial charge in [0.15, 0.2) is 5.82 Å². The van der Waals surface area contributed by atoms with E-state index in [2.05, 4.69) is 43.0 Å². The molecule has 0 atom stereocenters. The van der Waals surface area contributed by atoms with E-state index in [9.17, 15) is 4.79 Å². The molecule has 2 rings (SSSR count). The summed E-state index contributed by atoms with van der Waals surface area (Å²) in [5, 5.41) is 4.56. The zero-order valence-electron chi connectivity index (χ0n) is 15.0. The number of hydrogen-bond donors (Lipinski definition) is 0. The lowest BCUT2D eigenvalue weighted by atomic mass is 9.96. The Morgan fingerprint density at radius 2 is 1.74 bits per heavy atom. The Morgan fingerprint density at radius 3 is 2.22 bits per heavy atom. The van der Waals surface area contributed by atoms with Gasteiger partial charge in [-0.25, -0.2) is 14.5 Å². The fraction of sp³-hybridized carbons (Fsp3) is 0.500. The Labute approximate surface area is 137 Å². The number of aromatic nitrogens is 3. The summed E-state index contributed by atoms with van der Waals surface area (Å²) in [6.45, 7) is 12.8. The standard InChI is InChI=1S/C18H25N3O2/c1-11-8-12(2)14(13(3)9-11)10-21-15(16(22)23-7)19-17(20-21)18(4,5)6/h8-9H,10H2,1-7H3. The lowest BCUT2D eigenvalue weighted by Crippen LogP contribution is -2.15. The van der Waals surface area contributed by atoms with E-state index in [1.165, 1.54) is 23.8 Å². The first-order chi connectivity index (χ1) is 10.6. The first-order valence-electron chi connectivity index (χ1n) is 7.74. The van der Waals surface area contributed by atoms with Gasteiger partial charge in [0.05, 0.1) is 13.7 Å². The van der Waals surface area contributed by atoms with Gasteiger partial charge in [0, 0.05) is 5.41 Å². The lowest BCUT2D eigenvalue weighted by Gasteiger charge is -2.13. The summed E-state index contributed by atoms with van der Waals surface area (Å²) in [6.07, 6.45) is 0. The molecule has 0 fully saturated rings. The molecule has 0 amide bonds. The number of carbonyl (C=O) groups excluding carboxylic acids is 1. The molecule has 5 nitrogen and oxygen atoms in total. The molecule has 0 aliphatic rings. The number of hydrogen-bond acceptors (Lipinski definition) is 4. The Bertz CT molecular complexity index is 716. The number of nitrogens with zero attached hydrogens (tertiary/aromatic N) is 3. The van der Waals surface area contributed by atoms with Gasteiger partial charge in [-0.05, 0) is 37.5 Å². The van der Waals surface area contributed by atoms with Gasteiger partial charge in [0.1, 0.15) is 0 Å². The van der Waals surface area contributed by atoms with Crippen LogP contribution in [0.15, 0.2) is 12.1 Å². The number of methoxy groups -OCH3 is 1. The minimum Gasteiger partial charge on any atom is -0.463 e. The molecule has 0 aliphatic heterocycles. The maximum atomic E-state index is 12.0. The first kappa shape index (κ1) is 17.2. The van der Waals surface area contributed by atoms with Crippen LogP contribution in [0.25, 0.3) is 0 Å². The molecule has 5 heteroatoms. The highest BCUT2D eigenvalue weighted by Crippen LogP contribution is 2.22. The Kier molecular flexibility index (Phi) is 4.59. The van der Waals surface area contributed by atoms with Gasteiger partial charge in [0.25, 0.3) is 0 Å². The van der Waals surface area contributed by atoms with Gasteiger partial charge < -0.3 is 4.74 Å². The molecule has 0 unspecified atom stereocenters. The van der Waals surface area contributed by atoms with Crippen molar-refractivity contribution >= 4 is 5.97 Å². The summed E-state index contributed by atoms with van der Waals surface area (Å²) in [4.78, 5) is 16.4. The number of ether oxygens (including phenoxy) is 1. The molecule has 1 aromatic carbocycles. The summed E-state index contributed by atoms with van der Waals surface area (Å²) in [5.41, 5.74) is 4.53. The molecular weight excluding hydrogens is 290 g/mol. The van der Waals surface area contributed by atoms with E-state index < -0.39 is 5.97 Å². The molecule has 0 spiro atoms. The van der Waals surface area contributed by atoms with Crippen molar-refractivity contribution in [1.82, 2.24) is 14.8 Å². The van der Waals surface area contributed by atoms with Gasteiger partial charge in [0.2, 0.25) is 5.82 Å². The zero-order chi connectivity index (χ0) is 17.4. The average Bonchev–Trinajstić information content (AvgIpc) is 2.86. The second-order valence-electron chi connectivity index (χ2n) is 7.04. The van der Waals surface area contributed by atoms with Gasteiger partial charge in [-0.3, -0.25) is 0 Å². The summed E-state index contributed by atoms with van der Waals surface area (Å²) in [6, 6.07) is 4.28. The third kappa shape index (κ3) is 3.60. The fourth-order valence-corrected chi connectivity index (χ4v) is 2.62. The number of rotatable bonds is 3. The predicted octanol–water partition coefficient (Wildman–Crippen LogP) is 3.34. The number of aryl methyl sites for hydroxylation is 3. The van der Waals surface area contributed by atoms with Crippen molar-refractivity contribution < 1.29 is 9.53 Å². The van der Waals surface area contributed by atoms with Crippen LogP contribution < -0.4 is 0 Å². The maximum absolute atomic E-state index is 12.0. The Morgan fingerprint density at radius 1 is 1.17 bits per heavy atom. The van der Waals surface area contributed by atoms with Crippen LogP contribution in [0.4, 0.5) is 0 Å². The second kappa shape index (κ2) is 6.14. The SMILES string of the molecule is COC(=O)c1nc(C(C)(C)C)nn1Cc1c(C)cc(C)cc1C. The predicted molar refractivity (Wildman–Crippen MR) is 89.8 cm³/mol. The third-order valence-electron chi connectivity index (χ3n) is 3.86. The molecular formula is C18H25N3O2. The molecule has 0 saturated heterocycles. The smallest absolute Gasteiger partial charge is 0.375 e. The maximum Gasteiger partial charge on any atom is 0.375 e. The number of benzene rings is 1. The lowest BCUT2D eigenvalue weighted by molar-refractivity contribution is 0.0580. The Balaban J connectivity index is 2.51. The third-order valence-corrected chi connectivity index (χ3v) is 3.86. The quantitative estimate of drug-likeness (QED) is 0.815. The second-order valence-corrected chi connectivity index (χ2v) is 7.04. The van der Waals surface area contributed by atoms with E-state index in [1.807, 2.05) is 20.8 Å². The van der Waals surface area contributed by atoms with Crippen molar-refractivity contribution in [3.05, 3.63) is 46.0 Å². The van der Waals surface area contributed by atoms with Crippen LogP contribution in [0.2, 0.25) is 0 Å². The molecule has 0 bridgehead atoms. The molecule has 1 heterocycles. The monoisotopic (exact) mass is 315 g/mol. The fourth-order valence-electron chi connectivity index (χ4n) is 2.62. The van der Waals surface area contributed by atoms with Gasteiger partial charge in [-0.1, -0.05) is 38.5 Å². The molecule has 0 radical (unpaired) electrons. The average molecular weight is 315 g/mol. The van der Waals surface area contributed by atoms with Crippen LogP contribution in [0.3, 0.4) is 0 Å². The van der Waals surface area contributed by atoms with Gasteiger partial charge >= 0.3 is 5.97 Å². The van der Waals surface area contributed by atoms with Crippen LogP contribution in [-0.2, 0) is 16.7 Å². The summed E-state index contributed by atoms with van der Waals surface area (Å²) < 4.78 is 6.51. The molecule has 0 aliphatic carbocycles. The van der Waals surface area contributed by atoms with Crippen molar-refractivity contribution in [3.63, 3.8) is 0 Å². The van der Waals surface area contributed by atoms with Crippen molar-refractivity contribution in [2.75, 3.05) is 7.11 Å². The largest absolute Gasteiger partial charge is 0.463 e. The van der Waals surface area contributed by atoms with Crippen LogP contribution in [0.5, 0.6) is 0 Å². The van der Waals surface area contributed by atoms with Gasteiger partial charge in [-0.2, -0.15) is 5.10 Å². The summed E-state index contributed by atoms with van der Waals surface area (Å²) in [7, 11) is 1.36. The normalized spacial score (nSPS) is 11.6. The van der Waals surface area contributed by atoms with Crippen molar-refractivity contribution in [2.45, 2.75) is 53.5 Å². The van der Waals surface area contributed by atoms with Crippen LogP contribution in [0, 0.1) is 20.8 Å². The van der Waals surface area contributed by atoms with E-state index >= 15 is 0 Å². The molecule has 0 saturated carbocycles. The Hall–Kier alpha value is -2.17. The number of carbonyl (C=O) groups is 1. The van der Waals surface area contributed by atoms with E-state index in [1.54, 1.807) is 4.68 Å². The van der Waals surface area contributed by atoms with Gasteiger partial charge in [-0.15, -0.1) is 0 Å². The minimum absolute atomic E-state index is 0.231. The van der Waals surface area contributed by atoms with Crippen molar-refractivity contribution in [3.8, 4) is 0 Å². The minimum atomic E-state index is -0.463. The summed E-state index contributed by atoms with van der Waals surface area (Å²) >= 11 is 0. The van der Waals surface area contributed by atoms with Crippen LogP contribution in [-0.4, -0.2) is 27.8 Å². The van der Waals surface area contributed by atoms with E-state index in [0.717, 1.165) is 5.56 Å². The molecule has 0 N–H and O–H groups in total. The molecule has 1 aromatic heterocycles. The van der Waals surface area contributed by atoms with E-state index in [4.69, 9.17) is 4.74 Å². The van der Waals surface area contributed by atoms with E-state index in [-0.39, 0.29) is 11.2 Å². The molecule has 23 heavy (non-hydrogen) atoms. The highest BCUT2D eigenvalue weighted by atomic mass is 16.5. The highest BCUT2D eigenvalue weighted by molar-refractivity contribution is 5.85. The number of esters is 1. The molecule has 2 aromatic rings.